The van der Waals surface area contributed by atoms with E-state index in [-0.39, 0.29) is 12.1 Å². The minimum absolute atomic E-state index is 0.0200. The van der Waals surface area contributed by atoms with Crippen LogP contribution in [0.3, 0.4) is 0 Å². The van der Waals surface area contributed by atoms with E-state index < -0.39 is 0 Å². The van der Waals surface area contributed by atoms with E-state index >= 15 is 0 Å². The number of urea groups is 1. The number of carbonyl (C=O) groups is 1. The zero-order valence-corrected chi connectivity index (χ0v) is 12.0. The normalized spacial score (nSPS) is 15.7. The van der Waals surface area contributed by atoms with Crippen LogP contribution in [0.2, 0.25) is 0 Å². The number of hydrogen-bond donors (Lipinski definition) is 2. The number of carbonyl (C=O) groups excluding carboxylic acids is 1. The third-order valence-electron chi connectivity index (χ3n) is 3.72. The van der Waals surface area contributed by atoms with Crippen molar-refractivity contribution in [2.45, 2.75) is 13.0 Å². The van der Waals surface area contributed by atoms with Crippen LogP contribution >= 0.6 is 0 Å². The van der Waals surface area contributed by atoms with Gasteiger partial charge in [-0.05, 0) is 36.8 Å². The van der Waals surface area contributed by atoms with Crippen LogP contribution in [0.15, 0.2) is 54.6 Å². The maximum Gasteiger partial charge on any atom is 0.321 e. The summed E-state index contributed by atoms with van der Waals surface area (Å²) in [7, 11) is 0. The molecule has 0 aromatic heterocycles. The smallest absolute Gasteiger partial charge is 0.321 e. The van der Waals surface area contributed by atoms with Gasteiger partial charge in [0.1, 0.15) is 0 Å². The molecule has 1 atom stereocenters. The topological polar surface area (TPSA) is 44.4 Å². The Labute approximate surface area is 124 Å². The van der Waals surface area contributed by atoms with Gasteiger partial charge in [0.25, 0.3) is 0 Å². The molecular weight excluding hydrogens is 262 g/mol. The van der Waals surface area contributed by atoms with Crippen molar-refractivity contribution in [1.82, 2.24) is 5.32 Å². The van der Waals surface area contributed by atoms with Crippen molar-refractivity contribution >= 4 is 17.4 Å². The molecular formula is C17H19N3O. The molecule has 0 spiro atoms. The lowest BCUT2D eigenvalue weighted by Crippen LogP contribution is -2.27. The number of rotatable bonds is 4. The molecule has 0 aliphatic carbocycles. The summed E-state index contributed by atoms with van der Waals surface area (Å²) in [5.74, 6) is 0. The molecule has 0 radical (unpaired) electrons. The van der Waals surface area contributed by atoms with Crippen LogP contribution in [0.4, 0.5) is 16.2 Å². The molecule has 2 aromatic carbocycles. The Balaban J connectivity index is 1.68. The molecule has 4 heteroatoms. The maximum atomic E-state index is 11.6. The summed E-state index contributed by atoms with van der Waals surface area (Å²) in [6, 6.07) is 18.5. The van der Waals surface area contributed by atoms with Crippen molar-refractivity contribution < 1.29 is 4.79 Å². The second kappa shape index (κ2) is 5.87. The van der Waals surface area contributed by atoms with Crippen LogP contribution in [0.5, 0.6) is 0 Å². The number of amides is 2. The van der Waals surface area contributed by atoms with Gasteiger partial charge in [0.05, 0.1) is 0 Å². The minimum atomic E-state index is -0.0200. The number of anilines is 2. The summed E-state index contributed by atoms with van der Waals surface area (Å²) in [5.41, 5.74) is 3.23. The fourth-order valence-electron chi connectivity index (χ4n) is 2.53. The van der Waals surface area contributed by atoms with E-state index in [4.69, 9.17) is 0 Å². The van der Waals surface area contributed by atoms with E-state index in [2.05, 4.69) is 29.7 Å². The standard InChI is InChI=1S/C17H19N3O/c1-13(14-5-3-2-4-6-14)19-15-7-9-16(10-8-15)20-12-11-18-17(20)21/h2-10,13,19H,11-12H2,1H3,(H,18,21). The van der Waals surface area contributed by atoms with Crippen molar-refractivity contribution in [1.29, 1.82) is 0 Å². The van der Waals surface area contributed by atoms with E-state index in [1.54, 1.807) is 4.90 Å². The van der Waals surface area contributed by atoms with E-state index in [9.17, 15) is 4.79 Å². The van der Waals surface area contributed by atoms with Crippen molar-refractivity contribution in [3.63, 3.8) is 0 Å². The Bertz CT molecular complexity index is 610. The molecule has 1 heterocycles. The molecule has 3 rings (SSSR count). The largest absolute Gasteiger partial charge is 0.379 e. The molecule has 1 aliphatic rings. The molecule has 1 unspecified atom stereocenters. The van der Waals surface area contributed by atoms with Crippen molar-refractivity contribution in [2.24, 2.45) is 0 Å². The molecule has 108 valence electrons. The predicted octanol–water partition coefficient (Wildman–Crippen LogP) is 3.39. The van der Waals surface area contributed by atoms with E-state index in [0.717, 1.165) is 17.9 Å². The molecule has 1 saturated heterocycles. The summed E-state index contributed by atoms with van der Waals surface area (Å²) in [6.45, 7) is 3.58. The fourth-order valence-corrected chi connectivity index (χ4v) is 2.53. The second-order valence-corrected chi connectivity index (χ2v) is 5.21. The quantitative estimate of drug-likeness (QED) is 0.902. The first-order valence-corrected chi connectivity index (χ1v) is 7.21. The number of benzene rings is 2. The zero-order chi connectivity index (χ0) is 14.7. The van der Waals surface area contributed by atoms with Crippen molar-refractivity contribution in [3.05, 3.63) is 60.2 Å². The molecule has 4 nitrogen and oxygen atoms in total. The van der Waals surface area contributed by atoms with Gasteiger partial charge in [-0.25, -0.2) is 4.79 Å². The van der Waals surface area contributed by atoms with Crippen LogP contribution in [0.25, 0.3) is 0 Å². The van der Waals surface area contributed by atoms with Gasteiger partial charge in [-0.3, -0.25) is 4.90 Å². The third kappa shape index (κ3) is 2.99. The molecule has 2 amide bonds. The number of nitrogens with one attached hydrogen (secondary N) is 2. The highest BCUT2D eigenvalue weighted by molar-refractivity contribution is 5.94. The third-order valence-corrected chi connectivity index (χ3v) is 3.72. The summed E-state index contributed by atoms with van der Waals surface area (Å²) in [4.78, 5) is 13.4. The Kier molecular flexibility index (Phi) is 3.77. The van der Waals surface area contributed by atoms with Crippen molar-refractivity contribution in [3.8, 4) is 0 Å². The van der Waals surface area contributed by atoms with Gasteiger partial charge in [0.15, 0.2) is 0 Å². The first-order valence-electron chi connectivity index (χ1n) is 7.21. The molecule has 21 heavy (non-hydrogen) atoms. The van der Waals surface area contributed by atoms with Crippen LogP contribution in [-0.2, 0) is 0 Å². The van der Waals surface area contributed by atoms with Gasteiger partial charge in [-0.2, -0.15) is 0 Å². The fraction of sp³-hybridized carbons (Fsp3) is 0.235. The first kappa shape index (κ1) is 13.5. The zero-order valence-electron chi connectivity index (χ0n) is 12.0. The summed E-state index contributed by atoms with van der Waals surface area (Å²) < 4.78 is 0. The SMILES string of the molecule is CC(Nc1ccc(N2CCNC2=O)cc1)c1ccccc1. The van der Waals surface area contributed by atoms with E-state index in [1.807, 2.05) is 42.5 Å². The highest BCUT2D eigenvalue weighted by Gasteiger charge is 2.20. The van der Waals surface area contributed by atoms with Gasteiger partial charge in [-0.1, -0.05) is 30.3 Å². The second-order valence-electron chi connectivity index (χ2n) is 5.21. The highest BCUT2D eigenvalue weighted by atomic mass is 16.2. The Hall–Kier alpha value is -2.49. The first-order chi connectivity index (χ1) is 10.2. The summed E-state index contributed by atoms with van der Waals surface area (Å²) in [5, 5.41) is 6.28. The lowest BCUT2D eigenvalue weighted by atomic mass is 10.1. The van der Waals surface area contributed by atoms with E-state index in [1.165, 1.54) is 5.56 Å². The predicted molar refractivity (Wildman–Crippen MR) is 85.7 cm³/mol. The summed E-state index contributed by atoms with van der Waals surface area (Å²) >= 11 is 0. The monoisotopic (exact) mass is 281 g/mol. The van der Waals surface area contributed by atoms with Gasteiger partial charge < -0.3 is 10.6 Å². The lowest BCUT2D eigenvalue weighted by Gasteiger charge is -2.18. The minimum Gasteiger partial charge on any atom is -0.379 e. The molecule has 2 N–H and O–H groups in total. The maximum absolute atomic E-state index is 11.6. The Morgan fingerprint density at radius 3 is 2.43 bits per heavy atom. The lowest BCUT2D eigenvalue weighted by molar-refractivity contribution is 0.252. The van der Waals surface area contributed by atoms with Gasteiger partial charge in [0, 0.05) is 30.5 Å². The van der Waals surface area contributed by atoms with Gasteiger partial charge >= 0.3 is 6.03 Å². The Morgan fingerprint density at radius 1 is 1.10 bits per heavy atom. The van der Waals surface area contributed by atoms with Crippen LogP contribution in [-0.4, -0.2) is 19.1 Å². The van der Waals surface area contributed by atoms with Crippen LogP contribution in [0, 0.1) is 0 Å². The highest BCUT2D eigenvalue weighted by Crippen LogP contribution is 2.23. The average molecular weight is 281 g/mol. The number of hydrogen-bond acceptors (Lipinski definition) is 2. The average Bonchev–Trinajstić information content (AvgIpc) is 2.95. The molecule has 0 saturated carbocycles. The van der Waals surface area contributed by atoms with Gasteiger partial charge in [-0.15, -0.1) is 0 Å². The van der Waals surface area contributed by atoms with E-state index in [0.29, 0.717) is 6.54 Å². The molecule has 1 fully saturated rings. The Morgan fingerprint density at radius 2 is 1.81 bits per heavy atom. The summed E-state index contributed by atoms with van der Waals surface area (Å²) in [6.07, 6.45) is 0. The molecule has 0 bridgehead atoms. The van der Waals surface area contributed by atoms with Gasteiger partial charge in [0.2, 0.25) is 0 Å². The molecule has 1 aliphatic heterocycles. The van der Waals surface area contributed by atoms with Crippen LogP contribution in [0.1, 0.15) is 18.5 Å². The van der Waals surface area contributed by atoms with Crippen LogP contribution < -0.4 is 15.5 Å². The molecule has 2 aromatic rings. The van der Waals surface area contributed by atoms with Crippen molar-refractivity contribution in [2.75, 3.05) is 23.3 Å². The number of nitrogens with zero attached hydrogens (tertiary/aromatic N) is 1.